The lowest BCUT2D eigenvalue weighted by Gasteiger charge is -2.20. The number of rotatable bonds is 9. The van der Waals surface area contributed by atoms with Gasteiger partial charge in [0.25, 0.3) is 15.9 Å². The van der Waals surface area contributed by atoms with Crippen molar-refractivity contribution in [3.8, 4) is 5.75 Å². The molecule has 8 heteroatoms. The van der Waals surface area contributed by atoms with Gasteiger partial charge in [-0.1, -0.05) is 48.0 Å². The standard InChI is InChI=1S/C27H31N3O4S/c1-21-8-14-26(15-9-21)35(32,33)29(2)24-10-12-25(13-11-24)34-20-27(31)28-23-16-17-30(19-23)18-22-6-4-3-5-7-22/h3-15,23H,16-20H2,1-2H3,(H,28,31). The van der Waals surface area contributed by atoms with Crippen LogP contribution in [0.3, 0.4) is 0 Å². The summed E-state index contributed by atoms with van der Waals surface area (Å²) in [5.74, 6) is 0.335. The van der Waals surface area contributed by atoms with Gasteiger partial charge in [0.15, 0.2) is 6.61 Å². The Balaban J connectivity index is 1.25. The molecule has 0 radical (unpaired) electrons. The Bertz CT molecular complexity index is 1230. The number of nitrogens with one attached hydrogen (secondary N) is 1. The molecule has 35 heavy (non-hydrogen) atoms. The Kier molecular flexibility index (Phi) is 7.73. The fourth-order valence-corrected chi connectivity index (χ4v) is 5.31. The van der Waals surface area contributed by atoms with Crippen molar-refractivity contribution in [2.45, 2.75) is 30.8 Å². The first-order valence-electron chi connectivity index (χ1n) is 11.7. The Labute approximate surface area is 207 Å². The van der Waals surface area contributed by atoms with E-state index in [0.29, 0.717) is 11.4 Å². The van der Waals surface area contributed by atoms with Gasteiger partial charge >= 0.3 is 0 Å². The Morgan fingerprint density at radius 3 is 2.40 bits per heavy atom. The molecule has 1 aliphatic rings. The normalized spacial score (nSPS) is 16.1. The summed E-state index contributed by atoms with van der Waals surface area (Å²) in [7, 11) is -2.15. The van der Waals surface area contributed by atoms with E-state index in [0.717, 1.165) is 31.6 Å². The van der Waals surface area contributed by atoms with Gasteiger partial charge in [0.1, 0.15) is 5.75 Å². The third-order valence-electron chi connectivity index (χ3n) is 6.14. The van der Waals surface area contributed by atoms with Gasteiger partial charge in [-0.2, -0.15) is 0 Å². The SMILES string of the molecule is Cc1ccc(S(=O)(=O)N(C)c2ccc(OCC(=O)NC3CCN(Cc4ccccc4)C3)cc2)cc1. The van der Waals surface area contributed by atoms with Crippen LogP contribution in [0.2, 0.25) is 0 Å². The van der Waals surface area contributed by atoms with E-state index in [4.69, 9.17) is 4.74 Å². The molecule has 0 spiro atoms. The zero-order chi connectivity index (χ0) is 24.8. The molecule has 4 rings (SSSR count). The van der Waals surface area contributed by atoms with Gasteiger partial charge in [-0.15, -0.1) is 0 Å². The highest BCUT2D eigenvalue weighted by molar-refractivity contribution is 7.92. The van der Waals surface area contributed by atoms with E-state index in [-0.39, 0.29) is 23.5 Å². The molecule has 0 aromatic heterocycles. The molecule has 1 unspecified atom stereocenters. The molecular formula is C27H31N3O4S. The first kappa shape index (κ1) is 24.8. The maximum absolute atomic E-state index is 12.9. The van der Waals surface area contributed by atoms with Gasteiger partial charge in [-0.05, 0) is 55.3 Å². The number of anilines is 1. The molecule has 184 valence electrons. The Hall–Kier alpha value is -3.36. The van der Waals surface area contributed by atoms with Crippen LogP contribution in [0.4, 0.5) is 5.69 Å². The van der Waals surface area contributed by atoms with Crippen LogP contribution >= 0.6 is 0 Å². The molecule has 0 bridgehead atoms. The molecule has 1 fully saturated rings. The summed E-state index contributed by atoms with van der Waals surface area (Å²) in [5.41, 5.74) is 2.77. The molecule has 3 aromatic carbocycles. The van der Waals surface area contributed by atoms with Crippen LogP contribution in [0, 0.1) is 6.92 Å². The van der Waals surface area contributed by atoms with Crippen LogP contribution in [0.5, 0.6) is 5.75 Å². The highest BCUT2D eigenvalue weighted by atomic mass is 32.2. The predicted molar refractivity (Wildman–Crippen MR) is 137 cm³/mol. The molecular weight excluding hydrogens is 462 g/mol. The second-order valence-electron chi connectivity index (χ2n) is 8.84. The third-order valence-corrected chi connectivity index (χ3v) is 7.94. The monoisotopic (exact) mass is 493 g/mol. The summed E-state index contributed by atoms with van der Waals surface area (Å²) in [6, 6.07) is 23.8. The lowest BCUT2D eigenvalue weighted by molar-refractivity contribution is -0.123. The largest absolute Gasteiger partial charge is 0.484 e. The third kappa shape index (κ3) is 6.41. The van der Waals surface area contributed by atoms with Crippen molar-refractivity contribution in [2.75, 3.05) is 31.0 Å². The van der Waals surface area contributed by atoms with Crippen LogP contribution in [-0.4, -0.2) is 52.0 Å². The van der Waals surface area contributed by atoms with Crippen LogP contribution < -0.4 is 14.4 Å². The maximum atomic E-state index is 12.9. The number of aryl methyl sites for hydroxylation is 1. The van der Waals surface area contributed by atoms with Gasteiger partial charge in [0.05, 0.1) is 10.6 Å². The van der Waals surface area contributed by atoms with Crippen molar-refractivity contribution in [3.63, 3.8) is 0 Å². The number of ether oxygens (including phenoxy) is 1. The molecule has 1 amide bonds. The van der Waals surface area contributed by atoms with E-state index in [9.17, 15) is 13.2 Å². The van der Waals surface area contributed by atoms with E-state index < -0.39 is 10.0 Å². The Morgan fingerprint density at radius 2 is 1.71 bits per heavy atom. The number of carbonyl (C=O) groups is 1. The van der Waals surface area contributed by atoms with Crippen molar-refractivity contribution in [1.82, 2.24) is 10.2 Å². The fourth-order valence-electron chi connectivity index (χ4n) is 4.11. The molecule has 1 aliphatic heterocycles. The first-order chi connectivity index (χ1) is 16.8. The molecule has 7 nitrogen and oxygen atoms in total. The number of benzene rings is 3. The van der Waals surface area contributed by atoms with E-state index in [1.165, 1.54) is 16.9 Å². The molecule has 1 heterocycles. The minimum Gasteiger partial charge on any atom is -0.484 e. The van der Waals surface area contributed by atoms with Crippen molar-refractivity contribution in [1.29, 1.82) is 0 Å². The first-order valence-corrected chi connectivity index (χ1v) is 13.1. The topological polar surface area (TPSA) is 78.9 Å². The number of likely N-dealkylation sites (tertiary alicyclic amines) is 1. The maximum Gasteiger partial charge on any atom is 0.264 e. The number of nitrogens with zero attached hydrogens (tertiary/aromatic N) is 2. The van der Waals surface area contributed by atoms with E-state index in [1.54, 1.807) is 48.5 Å². The van der Waals surface area contributed by atoms with Crippen LogP contribution in [0.15, 0.2) is 83.8 Å². The molecule has 3 aromatic rings. The zero-order valence-corrected chi connectivity index (χ0v) is 20.9. The van der Waals surface area contributed by atoms with Crippen LogP contribution in [-0.2, 0) is 21.4 Å². The molecule has 1 saturated heterocycles. The predicted octanol–water partition coefficient (Wildman–Crippen LogP) is 3.59. The minimum atomic E-state index is -3.66. The second-order valence-corrected chi connectivity index (χ2v) is 10.8. The number of hydrogen-bond acceptors (Lipinski definition) is 5. The number of amides is 1. The summed E-state index contributed by atoms with van der Waals surface area (Å²) in [5, 5.41) is 3.04. The molecule has 0 saturated carbocycles. The summed E-state index contributed by atoms with van der Waals surface area (Å²) >= 11 is 0. The fraction of sp³-hybridized carbons (Fsp3) is 0.296. The van der Waals surface area contributed by atoms with Gasteiger partial charge in [0, 0.05) is 32.7 Å². The minimum absolute atomic E-state index is 0.0912. The van der Waals surface area contributed by atoms with Crippen molar-refractivity contribution < 1.29 is 17.9 Å². The second kappa shape index (κ2) is 10.9. The summed E-state index contributed by atoms with van der Waals surface area (Å²) in [6.07, 6.45) is 0.912. The lowest BCUT2D eigenvalue weighted by atomic mass is 10.2. The van der Waals surface area contributed by atoms with Gasteiger partial charge in [-0.3, -0.25) is 14.0 Å². The summed E-state index contributed by atoms with van der Waals surface area (Å²) in [6.45, 7) is 4.46. The average Bonchev–Trinajstić information content (AvgIpc) is 3.30. The average molecular weight is 494 g/mol. The zero-order valence-electron chi connectivity index (χ0n) is 20.1. The summed E-state index contributed by atoms with van der Waals surface area (Å²) < 4.78 is 32.6. The number of hydrogen-bond donors (Lipinski definition) is 1. The van der Waals surface area contributed by atoms with Crippen molar-refractivity contribution in [2.24, 2.45) is 0 Å². The molecule has 1 N–H and O–H groups in total. The van der Waals surface area contributed by atoms with Gasteiger partial charge < -0.3 is 10.1 Å². The number of carbonyl (C=O) groups excluding carboxylic acids is 1. The Morgan fingerprint density at radius 1 is 1.03 bits per heavy atom. The van der Waals surface area contributed by atoms with Crippen molar-refractivity contribution in [3.05, 3.63) is 90.0 Å². The highest BCUT2D eigenvalue weighted by Gasteiger charge is 2.24. The summed E-state index contributed by atoms with van der Waals surface area (Å²) in [4.78, 5) is 15.0. The highest BCUT2D eigenvalue weighted by Crippen LogP contribution is 2.24. The van der Waals surface area contributed by atoms with E-state index >= 15 is 0 Å². The van der Waals surface area contributed by atoms with Gasteiger partial charge in [-0.25, -0.2) is 8.42 Å². The number of sulfonamides is 1. The van der Waals surface area contributed by atoms with E-state index in [1.807, 2.05) is 25.1 Å². The van der Waals surface area contributed by atoms with Crippen molar-refractivity contribution >= 4 is 21.6 Å². The molecule has 0 aliphatic carbocycles. The quantitative estimate of drug-likeness (QED) is 0.493. The lowest BCUT2D eigenvalue weighted by Crippen LogP contribution is -2.39. The smallest absolute Gasteiger partial charge is 0.264 e. The van der Waals surface area contributed by atoms with E-state index in [2.05, 4.69) is 22.3 Å². The molecule has 1 atom stereocenters. The van der Waals surface area contributed by atoms with Crippen LogP contribution in [0.1, 0.15) is 17.5 Å². The van der Waals surface area contributed by atoms with Crippen LogP contribution in [0.25, 0.3) is 0 Å². The van der Waals surface area contributed by atoms with Gasteiger partial charge in [0.2, 0.25) is 0 Å².